The standard InChI is InChI=1S/C30H24N2O8S4/c33-27(8-4-7-25(31-35)30(32-36)44(37,38)24-5-2-1-3-6-24)39-22-14-9-20(10-15-22)11-18-28(34)40-23-16-12-21(13-17-23)26-19-29(41)43-42-26/h1-3,5-6,9-19,35-36H,4,7-8H2/b18-11+,31-25-,32-30-. The molecule has 0 atom stereocenters. The van der Waals surface area contributed by atoms with Crippen LogP contribution in [0.3, 0.4) is 0 Å². The molecule has 4 rings (SSSR count). The van der Waals surface area contributed by atoms with Crippen molar-refractivity contribution in [3.63, 3.8) is 0 Å². The summed E-state index contributed by atoms with van der Waals surface area (Å²) in [6, 6.07) is 22.7. The average molecular weight is 669 g/mol. The molecule has 0 fully saturated rings. The van der Waals surface area contributed by atoms with Crippen molar-refractivity contribution < 1.29 is 37.9 Å². The third kappa shape index (κ3) is 8.76. The normalized spacial score (nSPS) is 12.3. The summed E-state index contributed by atoms with van der Waals surface area (Å²) in [6.45, 7) is 0. The van der Waals surface area contributed by atoms with E-state index in [2.05, 4.69) is 10.3 Å². The van der Waals surface area contributed by atoms with Crippen molar-refractivity contribution in [1.29, 1.82) is 0 Å². The lowest BCUT2D eigenvalue weighted by Gasteiger charge is -2.08. The molecule has 0 saturated heterocycles. The van der Waals surface area contributed by atoms with Gasteiger partial charge in [0.15, 0.2) is 0 Å². The molecular formula is C30H24N2O8S4. The molecule has 0 radical (unpaired) electrons. The van der Waals surface area contributed by atoms with E-state index in [-0.39, 0.29) is 29.9 Å². The van der Waals surface area contributed by atoms with Gasteiger partial charge in [-0.1, -0.05) is 73.5 Å². The maximum Gasteiger partial charge on any atom is 0.336 e. The van der Waals surface area contributed by atoms with E-state index in [1.54, 1.807) is 58.9 Å². The van der Waals surface area contributed by atoms with Gasteiger partial charge in [0, 0.05) is 17.4 Å². The summed E-state index contributed by atoms with van der Waals surface area (Å²) in [5.74, 6) is -0.515. The number of esters is 2. The molecule has 14 heteroatoms. The molecule has 0 amide bonds. The smallest absolute Gasteiger partial charge is 0.336 e. The zero-order chi connectivity index (χ0) is 31.5. The highest BCUT2D eigenvalue weighted by Gasteiger charge is 2.28. The van der Waals surface area contributed by atoms with Crippen molar-refractivity contribution >= 4 is 71.5 Å². The van der Waals surface area contributed by atoms with Crippen molar-refractivity contribution in [3.05, 3.63) is 100 Å². The molecule has 0 unspecified atom stereocenters. The molecule has 0 aliphatic rings. The van der Waals surface area contributed by atoms with E-state index in [0.29, 0.717) is 11.3 Å². The van der Waals surface area contributed by atoms with Crippen molar-refractivity contribution in [3.8, 4) is 21.9 Å². The highest BCUT2D eigenvalue weighted by atomic mass is 32.9. The molecule has 226 valence electrons. The largest absolute Gasteiger partial charge is 0.427 e. The van der Waals surface area contributed by atoms with E-state index in [0.717, 1.165) is 14.3 Å². The molecule has 44 heavy (non-hydrogen) atoms. The van der Waals surface area contributed by atoms with Crippen molar-refractivity contribution in [2.24, 2.45) is 10.3 Å². The summed E-state index contributed by atoms with van der Waals surface area (Å²) in [5, 5.41) is 23.6. The second-order valence-corrected chi connectivity index (χ2v) is 13.7. The number of nitrogens with zero attached hydrogens (tertiary/aromatic N) is 2. The summed E-state index contributed by atoms with van der Waals surface area (Å²) in [4.78, 5) is 25.5. The maximum atomic E-state index is 12.7. The van der Waals surface area contributed by atoms with Crippen molar-refractivity contribution in [1.82, 2.24) is 0 Å². The van der Waals surface area contributed by atoms with Crippen LogP contribution in [0.25, 0.3) is 16.5 Å². The fraction of sp³-hybridized carbons (Fsp3) is 0.100. The van der Waals surface area contributed by atoms with Gasteiger partial charge in [-0.15, -0.1) is 0 Å². The summed E-state index contributed by atoms with van der Waals surface area (Å²) >= 11 is 5.16. The fourth-order valence-corrected chi connectivity index (χ4v) is 7.48. The van der Waals surface area contributed by atoms with Gasteiger partial charge in [0.2, 0.25) is 14.9 Å². The van der Waals surface area contributed by atoms with E-state index in [1.807, 2.05) is 18.2 Å². The first-order valence-electron chi connectivity index (χ1n) is 12.8. The van der Waals surface area contributed by atoms with Crippen LogP contribution in [-0.2, 0) is 19.4 Å². The van der Waals surface area contributed by atoms with Gasteiger partial charge in [-0.3, -0.25) is 4.79 Å². The zero-order valence-electron chi connectivity index (χ0n) is 22.7. The minimum absolute atomic E-state index is 0.0528. The van der Waals surface area contributed by atoms with Crippen molar-refractivity contribution in [2.45, 2.75) is 24.2 Å². The van der Waals surface area contributed by atoms with Crippen LogP contribution >= 0.6 is 32.9 Å². The number of carbonyl (C=O) groups is 2. The molecule has 0 bridgehead atoms. The first-order chi connectivity index (χ1) is 21.2. The Bertz CT molecular complexity index is 1860. The molecule has 1 heterocycles. The summed E-state index contributed by atoms with van der Waals surface area (Å²) < 4.78 is 37.0. The lowest BCUT2D eigenvalue weighted by atomic mass is 10.2. The SMILES string of the molecule is O=C(/C=C/c1ccc(OC(=O)CCCC(=N/O)/C(=N/O)S(=O)(=O)c2ccccc2)cc1)Oc1ccc(-c2cc(=S)ss2)cc1. The third-order valence-corrected chi connectivity index (χ3v) is 10.5. The lowest BCUT2D eigenvalue weighted by molar-refractivity contribution is -0.134. The predicted octanol–water partition coefficient (Wildman–Crippen LogP) is 6.99. The van der Waals surface area contributed by atoms with Crippen LogP contribution in [0.2, 0.25) is 0 Å². The van der Waals surface area contributed by atoms with E-state index >= 15 is 0 Å². The highest BCUT2D eigenvalue weighted by Crippen LogP contribution is 2.30. The molecular weight excluding hydrogens is 645 g/mol. The monoisotopic (exact) mass is 668 g/mol. The number of sulfone groups is 1. The van der Waals surface area contributed by atoms with Crippen LogP contribution in [0, 0.1) is 3.82 Å². The Hall–Kier alpha value is -4.50. The number of rotatable bonds is 11. The predicted molar refractivity (Wildman–Crippen MR) is 171 cm³/mol. The Balaban J connectivity index is 1.24. The molecule has 0 saturated carbocycles. The van der Waals surface area contributed by atoms with Gasteiger partial charge in [0.25, 0.3) is 0 Å². The number of hydrogen-bond donors (Lipinski definition) is 2. The quantitative estimate of drug-likeness (QED) is 0.0198. The van der Waals surface area contributed by atoms with Crippen LogP contribution in [0.15, 0.2) is 106 Å². The summed E-state index contributed by atoms with van der Waals surface area (Å²) in [6.07, 6.45) is 2.57. The second-order valence-electron chi connectivity index (χ2n) is 8.94. The number of hydrogen-bond acceptors (Lipinski definition) is 13. The molecule has 0 aliphatic heterocycles. The second kappa shape index (κ2) is 15.3. The average Bonchev–Trinajstić information content (AvgIpc) is 3.47. The van der Waals surface area contributed by atoms with Crippen LogP contribution in [-0.4, -0.2) is 41.5 Å². The minimum Gasteiger partial charge on any atom is -0.427 e. The van der Waals surface area contributed by atoms with Crippen LogP contribution in [0.1, 0.15) is 24.8 Å². The van der Waals surface area contributed by atoms with Gasteiger partial charge in [-0.05, 0) is 84.6 Å². The summed E-state index contributed by atoms with van der Waals surface area (Å²) in [7, 11) is -1.13. The van der Waals surface area contributed by atoms with Crippen LogP contribution in [0.4, 0.5) is 0 Å². The van der Waals surface area contributed by atoms with Gasteiger partial charge in [0.1, 0.15) is 21.0 Å². The number of ether oxygens (including phenoxy) is 2. The van der Waals surface area contributed by atoms with Crippen LogP contribution in [0.5, 0.6) is 11.5 Å². The van der Waals surface area contributed by atoms with Gasteiger partial charge in [-0.2, -0.15) is 0 Å². The third-order valence-electron chi connectivity index (χ3n) is 5.90. The van der Waals surface area contributed by atoms with E-state index in [1.165, 1.54) is 40.7 Å². The van der Waals surface area contributed by atoms with Crippen LogP contribution < -0.4 is 9.47 Å². The molecule has 2 N–H and O–H groups in total. The molecule has 1 aromatic heterocycles. The Morgan fingerprint density at radius 2 is 1.50 bits per heavy atom. The zero-order valence-corrected chi connectivity index (χ0v) is 26.0. The first-order valence-corrected chi connectivity index (χ1v) is 16.9. The Morgan fingerprint density at radius 1 is 0.841 bits per heavy atom. The minimum atomic E-state index is -4.25. The molecule has 3 aromatic carbocycles. The van der Waals surface area contributed by atoms with Gasteiger partial charge in [0.05, 0.1) is 4.90 Å². The van der Waals surface area contributed by atoms with E-state index < -0.39 is 32.5 Å². The molecule has 0 aliphatic carbocycles. The Morgan fingerprint density at radius 3 is 2.11 bits per heavy atom. The topological polar surface area (TPSA) is 152 Å². The molecule has 0 spiro atoms. The van der Waals surface area contributed by atoms with E-state index in [4.69, 9.17) is 21.7 Å². The number of carbonyl (C=O) groups excluding carboxylic acids is 2. The van der Waals surface area contributed by atoms with E-state index in [9.17, 15) is 28.4 Å². The van der Waals surface area contributed by atoms with Gasteiger partial charge in [-0.25, -0.2) is 13.2 Å². The fourth-order valence-electron chi connectivity index (χ4n) is 3.78. The highest BCUT2D eigenvalue weighted by molar-refractivity contribution is 8.08. The van der Waals surface area contributed by atoms with Crippen molar-refractivity contribution in [2.75, 3.05) is 0 Å². The summed E-state index contributed by atoms with van der Waals surface area (Å²) in [5.41, 5.74) is 1.25. The number of benzene rings is 3. The Kier molecular flexibility index (Phi) is 11.3. The number of oxime groups is 2. The van der Waals surface area contributed by atoms with Gasteiger partial charge < -0.3 is 19.9 Å². The first kappa shape index (κ1) is 32.4. The molecule has 4 aromatic rings. The maximum absolute atomic E-state index is 12.7. The molecule has 10 nitrogen and oxygen atoms in total. The van der Waals surface area contributed by atoms with Gasteiger partial charge >= 0.3 is 11.9 Å². The lowest BCUT2D eigenvalue weighted by Crippen LogP contribution is -2.25. The Labute approximate surface area is 265 Å².